The van der Waals surface area contributed by atoms with Gasteiger partial charge in [-0.25, -0.2) is 10.0 Å². The quantitative estimate of drug-likeness (QED) is 0.454. The molecular formula is C26H22Cl2N4O3. The summed E-state index contributed by atoms with van der Waals surface area (Å²) in [6.45, 7) is 1.14. The Hall–Kier alpha value is -3.68. The minimum Gasteiger partial charge on any atom is -0.497 e. The number of benzene rings is 3. The molecule has 2 aliphatic rings. The maximum atomic E-state index is 13.1. The van der Waals surface area contributed by atoms with Crippen molar-refractivity contribution in [3.05, 3.63) is 93.7 Å². The van der Waals surface area contributed by atoms with Crippen LogP contribution in [0.15, 0.2) is 72.0 Å². The number of fused-ring (bicyclic) bond motifs is 1. The van der Waals surface area contributed by atoms with Crippen molar-refractivity contribution in [2.75, 3.05) is 18.7 Å². The van der Waals surface area contributed by atoms with E-state index in [9.17, 15) is 4.79 Å². The zero-order valence-corrected chi connectivity index (χ0v) is 20.4. The highest BCUT2D eigenvalue weighted by Gasteiger charge is 2.25. The summed E-state index contributed by atoms with van der Waals surface area (Å²) >= 11 is 13.0. The zero-order valence-electron chi connectivity index (χ0n) is 18.9. The number of hydrogen-bond donors (Lipinski definition) is 1. The van der Waals surface area contributed by atoms with E-state index in [0.717, 1.165) is 23.3 Å². The van der Waals surface area contributed by atoms with Crippen molar-refractivity contribution in [1.82, 2.24) is 10.3 Å². The molecule has 0 bridgehead atoms. The molecule has 2 heterocycles. The molecule has 0 fully saturated rings. The summed E-state index contributed by atoms with van der Waals surface area (Å²) in [4.78, 5) is 19.0. The van der Waals surface area contributed by atoms with Gasteiger partial charge in [-0.15, -0.1) is 0 Å². The molecule has 3 aromatic carbocycles. The Bertz CT molecular complexity index is 1320. The third-order valence-corrected chi connectivity index (χ3v) is 6.35. The molecule has 0 saturated heterocycles. The number of methoxy groups -OCH3 is 1. The summed E-state index contributed by atoms with van der Waals surface area (Å²) in [5.41, 5.74) is 6.36. The molecule has 1 amide bonds. The van der Waals surface area contributed by atoms with Gasteiger partial charge >= 0.3 is 0 Å². The zero-order chi connectivity index (χ0) is 24.4. The minimum absolute atomic E-state index is 0.00853. The molecule has 2 aliphatic heterocycles. The van der Waals surface area contributed by atoms with E-state index in [1.54, 1.807) is 55.1 Å². The third kappa shape index (κ3) is 4.92. The summed E-state index contributed by atoms with van der Waals surface area (Å²) in [7, 11) is 1.63. The van der Waals surface area contributed by atoms with Crippen molar-refractivity contribution < 1.29 is 14.3 Å². The van der Waals surface area contributed by atoms with Crippen LogP contribution in [0.1, 0.15) is 21.5 Å². The molecule has 0 unspecified atom stereocenters. The number of nitrogens with zero attached hydrogens (tertiary/aromatic N) is 3. The van der Waals surface area contributed by atoms with Gasteiger partial charge in [-0.05, 0) is 60.0 Å². The Kier molecular flexibility index (Phi) is 6.53. The molecule has 5 rings (SSSR count). The summed E-state index contributed by atoms with van der Waals surface area (Å²) < 4.78 is 11.3. The number of rotatable bonds is 6. The number of hydrazine groups is 1. The number of nitrogens with one attached hydrogen (secondary N) is 1. The predicted octanol–water partition coefficient (Wildman–Crippen LogP) is 5.82. The summed E-state index contributed by atoms with van der Waals surface area (Å²) in [5.74, 6) is 1.68. The second-order valence-electron chi connectivity index (χ2n) is 8.07. The molecule has 0 atom stereocenters. The predicted molar refractivity (Wildman–Crippen MR) is 138 cm³/mol. The van der Waals surface area contributed by atoms with Gasteiger partial charge in [0.1, 0.15) is 17.8 Å². The fraction of sp³-hybridized carbons (Fsp3) is 0.154. The van der Waals surface area contributed by atoms with Crippen LogP contribution in [-0.4, -0.2) is 30.8 Å². The van der Waals surface area contributed by atoms with E-state index in [-0.39, 0.29) is 5.91 Å². The number of carbonyl (C=O) groups excluding carboxylic acids is 1. The molecule has 1 N–H and O–H groups in total. The van der Waals surface area contributed by atoms with Gasteiger partial charge in [-0.2, -0.15) is 0 Å². The number of anilines is 1. The molecule has 0 saturated carbocycles. The van der Waals surface area contributed by atoms with Crippen molar-refractivity contribution in [1.29, 1.82) is 0 Å². The van der Waals surface area contributed by atoms with Crippen LogP contribution in [0.2, 0.25) is 10.0 Å². The molecule has 3 aromatic rings. The standard InChI is InChI=1S/C26H22Cl2N4O3/c1-34-20-4-2-3-17(11-20)15-31-10-7-18-12-21(5-6-22(18)26(31)33)35-25-23(27)13-19(14-24(25)28)32-16-29-8-9-30-32/h2-6,8-9,11-14,16,30H,7,10,15H2,1H3. The lowest BCUT2D eigenvalue weighted by molar-refractivity contribution is 0.0727. The number of amides is 1. The molecule has 0 spiro atoms. The van der Waals surface area contributed by atoms with E-state index in [4.69, 9.17) is 32.7 Å². The van der Waals surface area contributed by atoms with Gasteiger partial charge in [0, 0.05) is 31.1 Å². The number of ether oxygens (including phenoxy) is 2. The van der Waals surface area contributed by atoms with Gasteiger partial charge in [0.05, 0.1) is 22.8 Å². The largest absolute Gasteiger partial charge is 0.497 e. The van der Waals surface area contributed by atoms with E-state index in [0.29, 0.717) is 45.9 Å². The van der Waals surface area contributed by atoms with Crippen LogP contribution in [0.3, 0.4) is 0 Å². The number of halogens is 2. The van der Waals surface area contributed by atoms with Crippen LogP contribution in [-0.2, 0) is 13.0 Å². The van der Waals surface area contributed by atoms with Crippen LogP contribution in [0.4, 0.5) is 5.69 Å². The number of carbonyl (C=O) groups is 1. The second kappa shape index (κ2) is 9.90. The van der Waals surface area contributed by atoms with E-state index in [1.807, 2.05) is 35.2 Å². The van der Waals surface area contributed by atoms with Crippen molar-refractivity contribution >= 4 is 41.1 Å². The Morgan fingerprint density at radius 1 is 1.06 bits per heavy atom. The van der Waals surface area contributed by atoms with E-state index >= 15 is 0 Å². The average Bonchev–Trinajstić information content (AvgIpc) is 2.88. The smallest absolute Gasteiger partial charge is 0.254 e. The summed E-state index contributed by atoms with van der Waals surface area (Å²) in [6.07, 6.45) is 5.66. The molecule has 178 valence electrons. The van der Waals surface area contributed by atoms with Crippen molar-refractivity contribution in [3.8, 4) is 17.2 Å². The van der Waals surface area contributed by atoms with Crippen molar-refractivity contribution in [3.63, 3.8) is 0 Å². The lowest BCUT2D eigenvalue weighted by Crippen LogP contribution is -2.37. The topological polar surface area (TPSA) is 66.4 Å². The van der Waals surface area contributed by atoms with Crippen LogP contribution in [0, 0.1) is 0 Å². The summed E-state index contributed by atoms with van der Waals surface area (Å²) in [5, 5.41) is 2.40. The van der Waals surface area contributed by atoms with Gasteiger partial charge in [-0.1, -0.05) is 35.3 Å². The lowest BCUT2D eigenvalue weighted by atomic mass is 9.98. The molecule has 7 nitrogen and oxygen atoms in total. The van der Waals surface area contributed by atoms with E-state index < -0.39 is 0 Å². The third-order valence-electron chi connectivity index (χ3n) is 5.79. The first kappa shape index (κ1) is 23.1. The van der Waals surface area contributed by atoms with Crippen LogP contribution in [0.5, 0.6) is 17.2 Å². The molecule has 35 heavy (non-hydrogen) atoms. The minimum atomic E-state index is -0.00853. The Morgan fingerprint density at radius 3 is 2.63 bits per heavy atom. The first-order chi connectivity index (χ1) is 17.0. The molecular weight excluding hydrogens is 487 g/mol. The normalized spacial score (nSPS) is 14.5. The highest BCUT2D eigenvalue weighted by molar-refractivity contribution is 6.37. The molecule has 9 heteroatoms. The van der Waals surface area contributed by atoms with E-state index in [1.165, 1.54) is 0 Å². The van der Waals surface area contributed by atoms with Crippen molar-refractivity contribution in [2.24, 2.45) is 4.99 Å². The number of aliphatic imine (C=N–C) groups is 1. The fourth-order valence-corrected chi connectivity index (χ4v) is 4.61. The Balaban J connectivity index is 1.32. The maximum absolute atomic E-state index is 13.1. The molecule has 0 aliphatic carbocycles. The Labute approximate surface area is 213 Å². The average molecular weight is 509 g/mol. The van der Waals surface area contributed by atoms with Crippen LogP contribution >= 0.6 is 23.2 Å². The van der Waals surface area contributed by atoms with Crippen LogP contribution < -0.4 is 19.9 Å². The van der Waals surface area contributed by atoms with Gasteiger partial charge in [0.25, 0.3) is 5.91 Å². The number of hydrogen-bond acceptors (Lipinski definition) is 6. The lowest BCUT2D eigenvalue weighted by Gasteiger charge is -2.29. The monoisotopic (exact) mass is 508 g/mol. The SMILES string of the molecule is COc1cccc(CN2CCc3cc(Oc4c(Cl)cc(N5C=NC=CN5)cc4Cl)ccc3C2=O)c1. The first-order valence-corrected chi connectivity index (χ1v) is 11.7. The molecule has 0 radical (unpaired) electrons. The summed E-state index contributed by atoms with van der Waals surface area (Å²) in [6, 6.07) is 16.7. The fourth-order valence-electron chi connectivity index (χ4n) is 4.06. The van der Waals surface area contributed by atoms with Crippen LogP contribution in [0.25, 0.3) is 0 Å². The van der Waals surface area contributed by atoms with Gasteiger partial charge in [-0.3, -0.25) is 10.2 Å². The Morgan fingerprint density at radius 2 is 1.89 bits per heavy atom. The van der Waals surface area contributed by atoms with Gasteiger partial charge in [0.2, 0.25) is 0 Å². The highest BCUT2D eigenvalue weighted by Crippen LogP contribution is 2.40. The van der Waals surface area contributed by atoms with Gasteiger partial charge in [0.15, 0.2) is 5.75 Å². The second-order valence-corrected chi connectivity index (χ2v) is 8.88. The first-order valence-electron chi connectivity index (χ1n) is 11.0. The van der Waals surface area contributed by atoms with Crippen molar-refractivity contribution in [2.45, 2.75) is 13.0 Å². The maximum Gasteiger partial charge on any atom is 0.254 e. The molecule has 0 aromatic heterocycles. The van der Waals surface area contributed by atoms with E-state index in [2.05, 4.69) is 10.4 Å². The highest BCUT2D eigenvalue weighted by atomic mass is 35.5. The van der Waals surface area contributed by atoms with Gasteiger partial charge < -0.3 is 14.4 Å².